The molecule has 90 valence electrons. The third-order valence-electron chi connectivity index (χ3n) is 2.87. The maximum absolute atomic E-state index is 6.04. The third kappa shape index (κ3) is 1.99. The van der Waals surface area contributed by atoms with Crippen LogP contribution in [0, 0.1) is 10.5 Å². The number of aryl methyl sites for hydroxylation is 1. The summed E-state index contributed by atoms with van der Waals surface area (Å²) in [6.07, 6.45) is 0. The number of nitrogens with zero attached hydrogens (tertiary/aromatic N) is 1. The van der Waals surface area contributed by atoms with E-state index in [4.69, 9.17) is 10.7 Å². The van der Waals surface area contributed by atoms with Crippen LogP contribution >= 0.6 is 33.9 Å². The molecule has 2 nitrogen and oxygen atoms in total. The van der Waals surface area contributed by atoms with Gasteiger partial charge in [0, 0.05) is 14.8 Å². The summed E-state index contributed by atoms with van der Waals surface area (Å²) in [5.41, 5.74) is 10.1. The van der Waals surface area contributed by atoms with Crippen molar-refractivity contribution >= 4 is 49.8 Å². The van der Waals surface area contributed by atoms with E-state index in [1.165, 1.54) is 13.8 Å². The number of hydrogen-bond donors (Lipinski definition) is 1. The average Bonchev–Trinajstić information content (AvgIpc) is 2.77. The summed E-state index contributed by atoms with van der Waals surface area (Å²) < 4.78 is 2.39. The highest BCUT2D eigenvalue weighted by molar-refractivity contribution is 14.1. The molecule has 2 aromatic carbocycles. The highest BCUT2D eigenvalue weighted by atomic mass is 127. The lowest BCUT2D eigenvalue weighted by Gasteiger charge is -2.02. The number of nitrogens with two attached hydrogens (primary N) is 1. The Morgan fingerprint density at radius 1 is 1.22 bits per heavy atom. The van der Waals surface area contributed by atoms with Crippen LogP contribution in [-0.2, 0) is 0 Å². The monoisotopic (exact) mass is 366 g/mol. The Morgan fingerprint density at radius 3 is 2.83 bits per heavy atom. The molecule has 1 heterocycles. The molecule has 18 heavy (non-hydrogen) atoms. The van der Waals surface area contributed by atoms with Crippen LogP contribution in [0.15, 0.2) is 36.4 Å². The van der Waals surface area contributed by atoms with Gasteiger partial charge in [-0.3, -0.25) is 0 Å². The number of benzene rings is 2. The number of thiazole rings is 1. The van der Waals surface area contributed by atoms with Crippen LogP contribution in [0.1, 0.15) is 5.56 Å². The van der Waals surface area contributed by atoms with Gasteiger partial charge in [0.05, 0.1) is 10.2 Å². The Hall–Kier alpha value is -1.14. The smallest absolute Gasteiger partial charge is 0.126 e. The molecule has 0 spiro atoms. The van der Waals surface area contributed by atoms with Gasteiger partial charge in [0.1, 0.15) is 5.01 Å². The van der Waals surface area contributed by atoms with Gasteiger partial charge in [-0.2, -0.15) is 0 Å². The third-order valence-corrected chi connectivity index (χ3v) is 4.59. The quantitative estimate of drug-likeness (QED) is 0.510. The molecule has 0 fully saturated rings. The molecule has 0 amide bonds. The molecule has 0 aliphatic carbocycles. The normalized spacial score (nSPS) is 11.0. The molecule has 1 aromatic heterocycles. The van der Waals surface area contributed by atoms with Crippen molar-refractivity contribution in [3.63, 3.8) is 0 Å². The van der Waals surface area contributed by atoms with Gasteiger partial charge in [0.25, 0.3) is 0 Å². The summed E-state index contributed by atoms with van der Waals surface area (Å²) in [4.78, 5) is 4.72. The number of para-hydroxylation sites is 1. The van der Waals surface area contributed by atoms with E-state index in [0.717, 1.165) is 21.8 Å². The molecule has 3 rings (SSSR count). The van der Waals surface area contributed by atoms with Crippen molar-refractivity contribution in [1.82, 2.24) is 4.98 Å². The maximum atomic E-state index is 6.04. The topological polar surface area (TPSA) is 38.9 Å². The van der Waals surface area contributed by atoms with Crippen molar-refractivity contribution < 1.29 is 0 Å². The average molecular weight is 366 g/mol. The molecule has 0 saturated heterocycles. The fourth-order valence-corrected chi connectivity index (χ4v) is 3.49. The molecule has 4 heteroatoms. The minimum absolute atomic E-state index is 0.784. The first-order chi connectivity index (χ1) is 8.65. The zero-order chi connectivity index (χ0) is 12.7. The van der Waals surface area contributed by atoms with Gasteiger partial charge in [-0.15, -0.1) is 11.3 Å². The van der Waals surface area contributed by atoms with E-state index < -0.39 is 0 Å². The number of anilines is 1. The molecular formula is C14H11IN2S. The zero-order valence-electron chi connectivity index (χ0n) is 9.77. The Kier molecular flexibility index (Phi) is 2.99. The van der Waals surface area contributed by atoms with Gasteiger partial charge >= 0.3 is 0 Å². The fourth-order valence-electron chi connectivity index (χ4n) is 1.92. The van der Waals surface area contributed by atoms with Crippen LogP contribution in [0.2, 0.25) is 0 Å². The number of halogens is 1. The Morgan fingerprint density at radius 2 is 2.06 bits per heavy atom. The Bertz CT molecular complexity index is 734. The number of hydrogen-bond acceptors (Lipinski definition) is 3. The number of aromatic nitrogens is 1. The minimum Gasteiger partial charge on any atom is -0.398 e. The van der Waals surface area contributed by atoms with Gasteiger partial charge in [0.15, 0.2) is 0 Å². The van der Waals surface area contributed by atoms with Crippen LogP contribution in [0.25, 0.3) is 20.8 Å². The molecule has 0 unspecified atom stereocenters. The van der Waals surface area contributed by atoms with Gasteiger partial charge in [-0.05, 0) is 59.3 Å². The van der Waals surface area contributed by atoms with Crippen LogP contribution in [0.4, 0.5) is 5.69 Å². The van der Waals surface area contributed by atoms with Crippen molar-refractivity contribution in [3.05, 3.63) is 45.5 Å². The van der Waals surface area contributed by atoms with Crippen molar-refractivity contribution in [2.45, 2.75) is 6.92 Å². The fraction of sp³-hybridized carbons (Fsp3) is 0.0714. The van der Waals surface area contributed by atoms with E-state index in [9.17, 15) is 0 Å². The summed E-state index contributed by atoms with van der Waals surface area (Å²) in [6.45, 7) is 2.09. The van der Waals surface area contributed by atoms with Crippen LogP contribution in [-0.4, -0.2) is 4.98 Å². The van der Waals surface area contributed by atoms with Gasteiger partial charge < -0.3 is 5.73 Å². The molecule has 0 bridgehead atoms. The lowest BCUT2D eigenvalue weighted by molar-refractivity contribution is 1.42. The lowest BCUT2D eigenvalue weighted by Crippen LogP contribution is -1.90. The molecule has 0 aliphatic rings. The number of rotatable bonds is 1. The highest BCUT2D eigenvalue weighted by Gasteiger charge is 2.10. The van der Waals surface area contributed by atoms with Gasteiger partial charge in [0.2, 0.25) is 0 Å². The van der Waals surface area contributed by atoms with E-state index >= 15 is 0 Å². The summed E-state index contributed by atoms with van der Waals surface area (Å²) in [5.74, 6) is 0. The predicted octanol–water partition coefficient (Wildman–Crippen LogP) is 4.46. The standard InChI is InChI=1S/C14H11IN2S/c1-8-3-2-4-12-13(8)17-14(18-12)10-7-9(15)5-6-11(10)16/h2-7H,16H2,1H3. The first-order valence-corrected chi connectivity index (χ1v) is 7.46. The summed E-state index contributed by atoms with van der Waals surface area (Å²) in [7, 11) is 0. The lowest BCUT2D eigenvalue weighted by atomic mass is 10.2. The van der Waals surface area contributed by atoms with E-state index in [-0.39, 0.29) is 0 Å². The molecule has 0 saturated carbocycles. The number of nitrogen functional groups attached to an aromatic ring is 1. The van der Waals surface area contributed by atoms with E-state index in [1.807, 2.05) is 12.1 Å². The van der Waals surface area contributed by atoms with Gasteiger partial charge in [-0.1, -0.05) is 12.1 Å². The molecule has 0 atom stereocenters. The van der Waals surface area contributed by atoms with Crippen molar-refractivity contribution in [2.75, 3.05) is 5.73 Å². The predicted molar refractivity (Wildman–Crippen MR) is 86.9 cm³/mol. The van der Waals surface area contributed by atoms with E-state index in [2.05, 4.69) is 53.8 Å². The SMILES string of the molecule is Cc1cccc2sc(-c3cc(I)ccc3N)nc12. The molecule has 0 aliphatic heterocycles. The van der Waals surface area contributed by atoms with Crippen molar-refractivity contribution in [2.24, 2.45) is 0 Å². The largest absolute Gasteiger partial charge is 0.398 e. The van der Waals surface area contributed by atoms with E-state index in [1.54, 1.807) is 11.3 Å². The molecular weight excluding hydrogens is 355 g/mol. The summed E-state index contributed by atoms with van der Waals surface area (Å²) in [6, 6.07) is 12.3. The number of fused-ring (bicyclic) bond motifs is 1. The minimum atomic E-state index is 0.784. The second-order valence-electron chi connectivity index (χ2n) is 4.17. The first kappa shape index (κ1) is 11.9. The molecule has 3 aromatic rings. The van der Waals surface area contributed by atoms with Crippen LogP contribution in [0.3, 0.4) is 0 Å². The molecule has 0 radical (unpaired) electrons. The second kappa shape index (κ2) is 4.51. The van der Waals surface area contributed by atoms with Gasteiger partial charge in [-0.25, -0.2) is 4.98 Å². The van der Waals surface area contributed by atoms with E-state index in [0.29, 0.717) is 0 Å². The Balaban J connectivity index is 2.26. The highest BCUT2D eigenvalue weighted by Crippen LogP contribution is 2.35. The maximum Gasteiger partial charge on any atom is 0.126 e. The second-order valence-corrected chi connectivity index (χ2v) is 6.45. The molecule has 2 N–H and O–H groups in total. The van der Waals surface area contributed by atoms with Crippen LogP contribution < -0.4 is 5.73 Å². The van der Waals surface area contributed by atoms with Crippen molar-refractivity contribution in [1.29, 1.82) is 0 Å². The van der Waals surface area contributed by atoms with Crippen molar-refractivity contribution in [3.8, 4) is 10.6 Å². The zero-order valence-corrected chi connectivity index (χ0v) is 12.7. The first-order valence-electron chi connectivity index (χ1n) is 5.57. The van der Waals surface area contributed by atoms with Crippen LogP contribution in [0.5, 0.6) is 0 Å². The summed E-state index contributed by atoms with van der Waals surface area (Å²) >= 11 is 3.99. The Labute approximate surface area is 123 Å². The summed E-state index contributed by atoms with van der Waals surface area (Å²) in [5, 5.41) is 0.996.